The average molecular weight is 362 g/mol. The van der Waals surface area contributed by atoms with Crippen LogP contribution in [0.15, 0.2) is 42.0 Å². The third-order valence-corrected chi connectivity index (χ3v) is 4.09. The van der Waals surface area contributed by atoms with Crippen LogP contribution in [0.5, 0.6) is 5.75 Å². The van der Waals surface area contributed by atoms with Crippen molar-refractivity contribution in [3.05, 3.63) is 53.6 Å². The van der Waals surface area contributed by atoms with Gasteiger partial charge >= 0.3 is 0 Å². The molecule has 1 aromatic carbocycles. The molecule has 0 aliphatic heterocycles. The molecule has 7 nitrogen and oxygen atoms in total. The predicted molar refractivity (Wildman–Crippen MR) is 89.5 cm³/mol. The Labute approximate surface area is 146 Å². The summed E-state index contributed by atoms with van der Waals surface area (Å²) in [6.07, 6.45) is 2.64. The summed E-state index contributed by atoms with van der Waals surface area (Å²) in [5, 5.41) is 1.89. The monoisotopic (exact) mass is 362 g/mol. The van der Waals surface area contributed by atoms with Crippen molar-refractivity contribution >= 4 is 28.1 Å². The molecule has 0 saturated carbocycles. The minimum Gasteiger partial charge on any atom is -0.478 e. The van der Waals surface area contributed by atoms with Crippen LogP contribution in [0, 0.1) is 5.82 Å². The molecular weight excluding hydrogens is 347 g/mol. The Morgan fingerprint density at radius 1 is 1.36 bits per heavy atom. The van der Waals surface area contributed by atoms with Crippen molar-refractivity contribution in [1.82, 2.24) is 20.2 Å². The Morgan fingerprint density at radius 2 is 2.16 bits per heavy atom. The molecule has 0 radical (unpaired) electrons. The number of carbonyl (C=O) groups is 2. The lowest BCUT2D eigenvalue weighted by molar-refractivity contribution is -0.132. The number of nitrogens with zero attached hydrogens (tertiary/aromatic N) is 2. The molecule has 0 aliphatic rings. The zero-order chi connectivity index (χ0) is 17.8. The van der Waals surface area contributed by atoms with Gasteiger partial charge in [0.1, 0.15) is 0 Å². The predicted octanol–water partition coefficient (Wildman–Crippen LogP) is 1.69. The van der Waals surface area contributed by atoms with E-state index in [1.807, 2.05) is 16.0 Å². The molecule has 2 N–H and O–H groups in total. The first kappa shape index (κ1) is 16.9. The van der Waals surface area contributed by atoms with E-state index in [0.717, 1.165) is 4.96 Å². The van der Waals surface area contributed by atoms with Crippen LogP contribution in [0.1, 0.15) is 12.6 Å². The lowest BCUT2D eigenvalue weighted by atomic mass is 10.3. The summed E-state index contributed by atoms with van der Waals surface area (Å²) in [6.45, 7) is 1.46. The number of para-hydroxylation sites is 1. The number of hydrogen-bond donors (Lipinski definition) is 2. The maximum atomic E-state index is 13.5. The number of benzene rings is 1. The Morgan fingerprint density at radius 3 is 2.92 bits per heavy atom. The number of halogens is 1. The topological polar surface area (TPSA) is 84.7 Å². The third-order valence-electron chi connectivity index (χ3n) is 3.32. The Kier molecular flexibility index (Phi) is 4.94. The average Bonchev–Trinajstić information content (AvgIpc) is 3.16. The van der Waals surface area contributed by atoms with E-state index in [2.05, 4.69) is 15.8 Å². The van der Waals surface area contributed by atoms with Crippen LogP contribution in [0.3, 0.4) is 0 Å². The zero-order valence-corrected chi connectivity index (χ0v) is 14.0. The second kappa shape index (κ2) is 7.31. The van der Waals surface area contributed by atoms with E-state index in [-0.39, 0.29) is 12.2 Å². The van der Waals surface area contributed by atoms with Crippen molar-refractivity contribution in [3.63, 3.8) is 0 Å². The summed E-state index contributed by atoms with van der Waals surface area (Å²) in [6, 6.07) is 5.77. The van der Waals surface area contributed by atoms with Gasteiger partial charge in [0.2, 0.25) is 5.91 Å². The van der Waals surface area contributed by atoms with Crippen LogP contribution >= 0.6 is 11.3 Å². The van der Waals surface area contributed by atoms with Crippen molar-refractivity contribution in [1.29, 1.82) is 0 Å². The van der Waals surface area contributed by atoms with Crippen LogP contribution in [0.2, 0.25) is 0 Å². The summed E-state index contributed by atoms with van der Waals surface area (Å²) in [4.78, 5) is 28.9. The Hall–Kier alpha value is -2.94. The molecule has 0 aliphatic carbocycles. The van der Waals surface area contributed by atoms with Gasteiger partial charge in [-0.25, -0.2) is 9.37 Å². The number of amides is 2. The summed E-state index contributed by atoms with van der Waals surface area (Å²) in [7, 11) is 0. The molecule has 0 saturated heterocycles. The van der Waals surface area contributed by atoms with Crippen molar-refractivity contribution < 1.29 is 18.7 Å². The van der Waals surface area contributed by atoms with Crippen LogP contribution in [0.25, 0.3) is 4.96 Å². The minimum atomic E-state index is -0.977. The van der Waals surface area contributed by atoms with Gasteiger partial charge in [-0.15, -0.1) is 11.3 Å². The first-order valence-electron chi connectivity index (χ1n) is 7.44. The molecule has 9 heteroatoms. The number of ether oxygens (including phenoxy) is 1. The van der Waals surface area contributed by atoms with E-state index in [1.54, 1.807) is 12.3 Å². The highest BCUT2D eigenvalue weighted by Crippen LogP contribution is 2.17. The van der Waals surface area contributed by atoms with E-state index >= 15 is 0 Å². The molecule has 2 aromatic heterocycles. The highest BCUT2D eigenvalue weighted by atomic mass is 32.1. The van der Waals surface area contributed by atoms with E-state index in [9.17, 15) is 14.0 Å². The van der Waals surface area contributed by atoms with Crippen molar-refractivity contribution in [3.8, 4) is 5.75 Å². The second-order valence-corrected chi connectivity index (χ2v) is 6.10. The quantitative estimate of drug-likeness (QED) is 0.677. The van der Waals surface area contributed by atoms with Gasteiger partial charge in [-0.05, 0) is 19.1 Å². The fraction of sp³-hybridized carbons (Fsp3) is 0.188. The van der Waals surface area contributed by atoms with E-state index < -0.39 is 23.7 Å². The summed E-state index contributed by atoms with van der Waals surface area (Å²) in [5.41, 5.74) is 5.13. The fourth-order valence-corrected chi connectivity index (χ4v) is 2.81. The van der Waals surface area contributed by atoms with Gasteiger partial charge in [-0.1, -0.05) is 12.1 Å². The summed E-state index contributed by atoms with van der Waals surface area (Å²) < 4.78 is 20.5. The summed E-state index contributed by atoms with van der Waals surface area (Å²) >= 11 is 1.46. The zero-order valence-electron chi connectivity index (χ0n) is 13.2. The highest BCUT2D eigenvalue weighted by molar-refractivity contribution is 7.15. The normalized spacial score (nSPS) is 11.9. The fourth-order valence-electron chi connectivity index (χ4n) is 2.09. The van der Waals surface area contributed by atoms with E-state index in [4.69, 9.17) is 4.74 Å². The number of thiazole rings is 1. The Bertz CT molecular complexity index is 879. The highest BCUT2D eigenvalue weighted by Gasteiger charge is 2.17. The van der Waals surface area contributed by atoms with E-state index in [0.29, 0.717) is 5.69 Å². The molecule has 1 atom stereocenters. The SMILES string of the molecule is CC(Oc1ccccc1F)C(=O)NNC(=O)Cc1cn2ccsc2n1. The van der Waals surface area contributed by atoms with Crippen molar-refractivity contribution in [2.75, 3.05) is 0 Å². The van der Waals surface area contributed by atoms with Gasteiger partial charge in [0.15, 0.2) is 22.6 Å². The maximum absolute atomic E-state index is 13.5. The first-order chi connectivity index (χ1) is 12.0. The number of carbonyl (C=O) groups excluding carboxylic acids is 2. The minimum absolute atomic E-state index is 0.0250. The number of imidazole rings is 1. The number of aromatic nitrogens is 2. The molecule has 2 heterocycles. The van der Waals surface area contributed by atoms with Gasteiger partial charge in [0.25, 0.3) is 5.91 Å². The van der Waals surface area contributed by atoms with Crippen molar-refractivity contribution in [2.24, 2.45) is 0 Å². The third kappa shape index (κ3) is 4.13. The molecule has 2 amide bonds. The Balaban J connectivity index is 1.48. The lowest BCUT2D eigenvalue weighted by Gasteiger charge is -2.15. The molecule has 25 heavy (non-hydrogen) atoms. The second-order valence-electron chi connectivity index (χ2n) is 5.23. The van der Waals surface area contributed by atoms with Crippen LogP contribution in [-0.4, -0.2) is 27.3 Å². The van der Waals surface area contributed by atoms with Crippen LogP contribution < -0.4 is 15.6 Å². The molecule has 0 bridgehead atoms. The first-order valence-corrected chi connectivity index (χ1v) is 8.32. The number of hydrogen-bond acceptors (Lipinski definition) is 5. The molecule has 0 fully saturated rings. The maximum Gasteiger partial charge on any atom is 0.279 e. The molecule has 130 valence electrons. The lowest BCUT2D eigenvalue weighted by Crippen LogP contribution is -2.47. The van der Waals surface area contributed by atoms with Gasteiger partial charge in [0.05, 0.1) is 12.1 Å². The smallest absolute Gasteiger partial charge is 0.279 e. The molecule has 3 rings (SSSR count). The molecule has 3 aromatic rings. The molecule has 0 spiro atoms. The number of fused-ring (bicyclic) bond motifs is 1. The van der Waals surface area contributed by atoms with Crippen LogP contribution in [0.4, 0.5) is 4.39 Å². The van der Waals surface area contributed by atoms with Crippen molar-refractivity contribution in [2.45, 2.75) is 19.4 Å². The van der Waals surface area contributed by atoms with Gasteiger partial charge in [-0.2, -0.15) is 0 Å². The molecular formula is C16H15FN4O3S. The van der Waals surface area contributed by atoms with Gasteiger partial charge in [0, 0.05) is 17.8 Å². The largest absolute Gasteiger partial charge is 0.478 e. The number of nitrogens with one attached hydrogen (secondary N) is 2. The van der Waals surface area contributed by atoms with E-state index in [1.165, 1.54) is 36.5 Å². The number of rotatable bonds is 5. The number of hydrazine groups is 1. The summed E-state index contributed by atoms with van der Waals surface area (Å²) in [5.74, 6) is -1.61. The van der Waals surface area contributed by atoms with Gasteiger partial charge < -0.3 is 4.74 Å². The van der Waals surface area contributed by atoms with Crippen LogP contribution in [-0.2, 0) is 16.0 Å². The van der Waals surface area contributed by atoms with Gasteiger partial charge in [-0.3, -0.25) is 24.8 Å². The standard InChI is InChI=1S/C16H15FN4O3S/c1-10(24-13-5-3-2-4-12(13)17)15(23)20-19-14(22)8-11-9-21-6-7-25-16(21)18-11/h2-7,9-10H,8H2,1H3,(H,19,22)(H,20,23). The molecule has 1 unspecified atom stereocenters.